The lowest BCUT2D eigenvalue weighted by molar-refractivity contribution is -0.136. The average molecular weight is 711 g/mol. The Kier molecular flexibility index (Phi) is 8.94. The third-order valence-corrected chi connectivity index (χ3v) is 12.1. The highest BCUT2D eigenvalue weighted by Crippen LogP contribution is 2.46. The highest BCUT2D eigenvalue weighted by atomic mass is 16.2. The predicted octanol–water partition coefficient (Wildman–Crippen LogP) is 6.45. The maximum atomic E-state index is 14.1. The van der Waals surface area contributed by atoms with Crippen LogP contribution < -0.4 is 10.2 Å². The standard InChI is InChI=1S/C43H46N6O4/c1-5-26-22-31-33(43(2,3)40-38(39(31)51)30-14-13-28(44-4)23-34(30)45-40)24-36(26)48-20-18-47(19-21-48)17-8-6-7-10-27-11-9-12-29-32(27)25-49(42(29)53)35-15-16-37(50)46-41(35)52/h9,11-14,22-24,35,45H,5-8,10,15-21,25H2,1-3H3,(H,46,50,52). The van der Waals surface area contributed by atoms with Crippen LogP contribution in [0.1, 0.15) is 107 Å². The maximum absolute atomic E-state index is 14.1. The molecule has 0 saturated carbocycles. The van der Waals surface area contributed by atoms with Crippen LogP contribution in [-0.2, 0) is 34.4 Å². The number of ketones is 1. The predicted molar refractivity (Wildman–Crippen MR) is 205 cm³/mol. The molecule has 4 heterocycles. The number of hydrogen-bond acceptors (Lipinski definition) is 6. The Morgan fingerprint density at radius 1 is 0.925 bits per heavy atom. The Bertz CT molecular complexity index is 2220. The number of aromatic amines is 1. The van der Waals surface area contributed by atoms with Crippen LogP contribution in [-0.4, -0.2) is 77.1 Å². The number of aryl methyl sites for hydroxylation is 2. The molecule has 3 aliphatic heterocycles. The second-order valence-corrected chi connectivity index (χ2v) is 15.5. The molecular formula is C43H46N6O4. The minimum atomic E-state index is -0.590. The molecule has 1 aromatic heterocycles. The van der Waals surface area contributed by atoms with E-state index in [0.29, 0.717) is 24.2 Å². The molecule has 2 N–H and O–H groups in total. The molecule has 1 atom stereocenters. The largest absolute Gasteiger partial charge is 0.369 e. The molecule has 0 radical (unpaired) electrons. The molecule has 10 nitrogen and oxygen atoms in total. The van der Waals surface area contributed by atoms with E-state index in [1.54, 1.807) is 11.0 Å². The number of nitrogens with one attached hydrogen (secondary N) is 2. The van der Waals surface area contributed by atoms with Crippen LogP contribution >= 0.6 is 0 Å². The fourth-order valence-corrected chi connectivity index (χ4v) is 9.07. The molecule has 1 aliphatic carbocycles. The van der Waals surface area contributed by atoms with Gasteiger partial charge in [-0.2, -0.15) is 0 Å². The van der Waals surface area contributed by atoms with Gasteiger partial charge >= 0.3 is 0 Å². The fraction of sp³-hybridized carbons (Fsp3) is 0.419. The zero-order chi connectivity index (χ0) is 37.0. The van der Waals surface area contributed by atoms with Crippen molar-refractivity contribution >= 4 is 45.8 Å². The number of carbonyl (C=O) groups is 4. The molecule has 4 aliphatic rings. The molecule has 4 aromatic rings. The molecule has 0 bridgehead atoms. The Balaban J connectivity index is 0.873. The molecule has 272 valence electrons. The van der Waals surface area contributed by atoms with Crippen LogP contribution in [0.25, 0.3) is 15.7 Å². The number of piperazine rings is 1. The number of rotatable bonds is 9. The molecule has 0 spiro atoms. The summed E-state index contributed by atoms with van der Waals surface area (Å²) in [5.41, 5.74) is 9.81. The van der Waals surface area contributed by atoms with Gasteiger partial charge in [-0.05, 0) is 85.2 Å². The van der Waals surface area contributed by atoms with E-state index >= 15 is 0 Å². The monoisotopic (exact) mass is 710 g/mol. The second-order valence-electron chi connectivity index (χ2n) is 15.5. The van der Waals surface area contributed by atoms with Crippen molar-refractivity contribution in [1.29, 1.82) is 0 Å². The van der Waals surface area contributed by atoms with Gasteiger partial charge in [-0.3, -0.25) is 29.4 Å². The number of fused-ring (bicyclic) bond motifs is 5. The summed E-state index contributed by atoms with van der Waals surface area (Å²) in [7, 11) is 0. The van der Waals surface area contributed by atoms with Crippen molar-refractivity contribution in [2.45, 2.75) is 83.7 Å². The van der Waals surface area contributed by atoms with Crippen LogP contribution in [0.2, 0.25) is 0 Å². The van der Waals surface area contributed by atoms with Gasteiger partial charge in [0.05, 0.1) is 12.1 Å². The number of carbonyl (C=O) groups excluding carboxylic acids is 4. The summed E-state index contributed by atoms with van der Waals surface area (Å²) in [6.07, 6.45) is 5.61. The molecular weight excluding hydrogens is 665 g/mol. The van der Waals surface area contributed by atoms with E-state index in [-0.39, 0.29) is 29.9 Å². The lowest BCUT2D eigenvalue weighted by Gasteiger charge is -2.39. The van der Waals surface area contributed by atoms with Gasteiger partial charge in [0.25, 0.3) is 5.91 Å². The smallest absolute Gasteiger partial charge is 0.255 e. The van der Waals surface area contributed by atoms with Gasteiger partial charge in [0.15, 0.2) is 11.5 Å². The lowest BCUT2D eigenvalue weighted by atomic mass is 9.70. The van der Waals surface area contributed by atoms with Crippen molar-refractivity contribution in [3.63, 3.8) is 0 Å². The minimum Gasteiger partial charge on any atom is -0.369 e. The van der Waals surface area contributed by atoms with E-state index < -0.39 is 11.5 Å². The molecule has 1 unspecified atom stereocenters. The number of imide groups is 1. The lowest BCUT2D eigenvalue weighted by Crippen LogP contribution is -2.52. The highest BCUT2D eigenvalue weighted by molar-refractivity contribution is 6.20. The van der Waals surface area contributed by atoms with Gasteiger partial charge in [-0.1, -0.05) is 51.5 Å². The Hall–Kier alpha value is -5.27. The molecule has 10 heteroatoms. The van der Waals surface area contributed by atoms with E-state index in [1.165, 1.54) is 16.8 Å². The SMILES string of the molecule is [C-]#[N+]c1ccc2c3c([nH]c2c1)C(C)(C)c1cc(N2CCN(CCCCCc4cccc5c4CN(C4CCC(=O)NC4=O)C5=O)CC2)c(CC)cc1C3=O. The first-order chi connectivity index (χ1) is 25.6. The third kappa shape index (κ3) is 6.01. The number of amides is 3. The van der Waals surface area contributed by atoms with Crippen LogP contribution in [0, 0.1) is 6.57 Å². The first-order valence-electron chi connectivity index (χ1n) is 19.1. The zero-order valence-corrected chi connectivity index (χ0v) is 30.8. The normalized spacial score (nSPS) is 19.6. The summed E-state index contributed by atoms with van der Waals surface area (Å²) in [5.74, 6) is -0.706. The second kappa shape index (κ2) is 13.6. The number of H-pyrrole nitrogens is 1. The topological polar surface area (TPSA) is 110 Å². The van der Waals surface area contributed by atoms with Gasteiger partial charge in [0.1, 0.15) is 6.04 Å². The average Bonchev–Trinajstić information content (AvgIpc) is 3.72. The summed E-state index contributed by atoms with van der Waals surface area (Å²) >= 11 is 0. The van der Waals surface area contributed by atoms with Crippen LogP contribution in [0.4, 0.5) is 11.4 Å². The number of hydrogen-bond donors (Lipinski definition) is 2. The number of piperidine rings is 1. The fourth-order valence-electron chi connectivity index (χ4n) is 9.07. The molecule has 2 fully saturated rings. The Morgan fingerprint density at radius 2 is 1.74 bits per heavy atom. The van der Waals surface area contributed by atoms with E-state index in [2.05, 4.69) is 63.9 Å². The highest BCUT2D eigenvalue weighted by Gasteiger charge is 2.41. The summed E-state index contributed by atoms with van der Waals surface area (Å²) in [6.45, 7) is 19.3. The van der Waals surface area contributed by atoms with Crippen molar-refractivity contribution in [1.82, 2.24) is 20.1 Å². The number of nitrogens with zero attached hydrogens (tertiary/aromatic N) is 4. The Labute approximate surface area is 310 Å². The van der Waals surface area contributed by atoms with E-state index in [4.69, 9.17) is 6.57 Å². The number of unbranched alkanes of at least 4 members (excludes halogenated alkanes) is 2. The quantitative estimate of drug-likeness (QED) is 0.118. The maximum Gasteiger partial charge on any atom is 0.255 e. The van der Waals surface area contributed by atoms with Crippen molar-refractivity contribution in [3.8, 4) is 0 Å². The number of benzene rings is 3. The van der Waals surface area contributed by atoms with Gasteiger partial charge in [0, 0.05) is 78.0 Å². The van der Waals surface area contributed by atoms with Crippen LogP contribution in [0.5, 0.6) is 0 Å². The number of anilines is 1. The molecule has 3 aromatic carbocycles. The minimum absolute atomic E-state index is 0.0570. The first kappa shape index (κ1) is 34.8. The van der Waals surface area contributed by atoms with E-state index in [9.17, 15) is 19.2 Å². The van der Waals surface area contributed by atoms with Crippen molar-refractivity contribution in [3.05, 3.63) is 105 Å². The van der Waals surface area contributed by atoms with Crippen molar-refractivity contribution in [2.24, 2.45) is 0 Å². The molecule has 8 rings (SSSR count). The summed E-state index contributed by atoms with van der Waals surface area (Å²) < 4.78 is 0. The van der Waals surface area contributed by atoms with Gasteiger partial charge in [-0.15, -0.1) is 0 Å². The number of aromatic nitrogens is 1. The summed E-state index contributed by atoms with van der Waals surface area (Å²) in [5, 5.41) is 3.27. The molecule has 53 heavy (non-hydrogen) atoms. The van der Waals surface area contributed by atoms with Crippen LogP contribution in [0.3, 0.4) is 0 Å². The molecule has 2 saturated heterocycles. The van der Waals surface area contributed by atoms with Gasteiger partial charge in [0.2, 0.25) is 11.8 Å². The van der Waals surface area contributed by atoms with Crippen molar-refractivity contribution < 1.29 is 19.2 Å². The van der Waals surface area contributed by atoms with Gasteiger partial charge in [-0.25, -0.2) is 4.85 Å². The van der Waals surface area contributed by atoms with E-state index in [1.807, 2.05) is 24.3 Å². The van der Waals surface area contributed by atoms with Gasteiger partial charge < -0.3 is 14.8 Å². The first-order valence-corrected chi connectivity index (χ1v) is 19.1. The van der Waals surface area contributed by atoms with E-state index in [0.717, 1.165) is 104 Å². The Morgan fingerprint density at radius 3 is 2.49 bits per heavy atom. The summed E-state index contributed by atoms with van der Waals surface area (Å²) in [4.78, 5) is 65.2. The molecule has 3 amide bonds. The van der Waals surface area contributed by atoms with Crippen LogP contribution in [0.15, 0.2) is 48.5 Å². The third-order valence-electron chi connectivity index (χ3n) is 12.1. The van der Waals surface area contributed by atoms with Crippen molar-refractivity contribution in [2.75, 3.05) is 37.6 Å². The zero-order valence-electron chi connectivity index (χ0n) is 30.8. The summed E-state index contributed by atoms with van der Waals surface area (Å²) in [6, 6.07) is 15.3.